The molecule has 0 aliphatic rings. The fourth-order valence-corrected chi connectivity index (χ4v) is 3.32. The average molecular weight is 473 g/mol. The van der Waals surface area contributed by atoms with E-state index in [-0.39, 0.29) is 44.2 Å². The minimum absolute atomic E-state index is 0.127. The second kappa shape index (κ2) is 12.0. The van der Waals surface area contributed by atoms with Gasteiger partial charge in [-0.05, 0) is 39.3 Å². The van der Waals surface area contributed by atoms with Gasteiger partial charge < -0.3 is 24.9 Å². The monoisotopic (exact) mass is 472 g/mol. The Hall–Kier alpha value is -3.58. The lowest BCUT2D eigenvalue weighted by Gasteiger charge is -2.19. The molecule has 0 radical (unpaired) electrons. The van der Waals surface area contributed by atoms with Gasteiger partial charge in [-0.15, -0.1) is 0 Å². The Kier molecular flexibility index (Phi) is 9.45. The van der Waals surface area contributed by atoms with Crippen LogP contribution in [0.15, 0.2) is 23.0 Å². The van der Waals surface area contributed by atoms with Gasteiger partial charge in [0.05, 0.1) is 29.2 Å². The number of carbonyl (C=O) groups is 3. The van der Waals surface area contributed by atoms with E-state index in [0.29, 0.717) is 22.9 Å². The van der Waals surface area contributed by atoms with Gasteiger partial charge in [0, 0.05) is 27.1 Å². The third-order valence-corrected chi connectivity index (χ3v) is 4.85. The lowest BCUT2D eigenvalue weighted by Crippen LogP contribution is -2.34. The van der Waals surface area contributed by atoms with Crippen molar-refractivity contribution in [3.63, 3.8) is 0 Å². The first-order valence-corrected chi connectivity index (χ1v) is 11.0. The van der Waals surface area contributed by atoms with Crippen LogP contribution in [0, 0.1) is 11.8 Å². The van der Waals surface area contributed by atoms with Gasteiger partial charge in [0.1, 0.15) is 18.5 Å². The van der Waals surface area contributed by atoms with Crippen molar-refractivity contribution >= 4 is 29.3 Å². The van der Waals surface area contributed by atoms with Crippen LogP contribution < -0.4 is 16.3 Å². The Labute approximate surface area is 198 Å². The molecule has 2 amide bonds. The predicted molar refractivity (Wildman–Crippen MR) is 128 cm³/mol. The number of aromatic nitrogens is 2. The van der Waals surface area contributed by atoms with E-state index in [1.165, 1.54) is 16.2 Å². The Morgan fingerprint density at radius 3 is 2.65 bits per heavy atom. The minimum Gasteiger partial charge on any atom is -0.444 e. The van der Waals surface area contributed by atoms with Crippen LogP contribution in [0.3, 0.4) is 0 Å². The molecule has 0 saturated carbocycles. The standard InChI is InChI=1S/C24H32N4O6/c1-24(2,3)34-22(31)26-13-15-33-14-7-9-17-8-6-10-19-21(17)27(5)23(32)28(19)18(16-29)11-12-20(30)25-4/h6,8,10,16,18H,11-15H2,1-5H3,(H,25,30)(H,26,31). The van der Waals surface area contributed by atoms with Gasteiger partial charge in [-0.3, -0.25) is 13.9 Å². The highest BCUT2D eigenvalue weighted by Crippen LogP contribution is 2.21. The average Bonchev–Trinajstić information content (AvgIpc) is 3.03. The summed E-state index contributed by atoms with van der Waals surface area (Å²) in [6, 6.07) is 4.52. The molecule has 1 heterocycles. The third kappa shape index (κ3) is 7.22. The summed E-state index contributed by atoms with van der Waals surface area (Å²) in [4.78, 5) is 47.8. The van der Waals surface area contributed by atoms with Crippen LogP contribution in [0.2, 0.25) is 0 Å². The molecular formula is C24H32N4O6. The van der Waals surface area contributed by atoms with Crippen molar-refractivity contribution in [2.24, 2.45) is 7.05 Å². The molecule has 1 atom stereocenters. The van der Waals surface area contributed by atoms with Gasteiger partial charge in [0.25, 0.3) is 0 Å². The highest BCUT2D eigenvalue weighted by atomic mass is 16.6. The van der Waals surface area contributed by atoms with E-state index >= 15 is 0 Å². The number of ether oxygens (including phenoxy) is 2. The van der Waals surface area contributed by atoms with Crippen molar-refractivity contribution in [3.05, 3.63) is 34.2 Å². The van der Waals surface area contributed by atoms with Crippen LogP contribution >= 0.6 is 0 Å². The molecule has 1 aromatic heterocycles. The zero-order chi connectivity index (χ0) is 25.3. The highest BCUT2D eigenvalue weighted by Gasteiger charge is 2.21. The number of aldehydes is 1. The minimum atomic E-state index is -0.766. The summed E-state index contributed by atoms with van der Waals surface area (Å²) < 4.78 is 13.4. The number of amides is 2. The van der Waals surface area contributed by atoms with Crippen molar-refractivity contribution in [3.8, 4) is 11.8 Å². The van der Waals surface area contributed by atoms with Crippen molar-refractivity contribution in [2.75, 3.05) is 26.8 Å². The van der Waals surface area contributed by atoms with Crippen LogP contribution in [0.4, 0.5) is 4.79 Å². The molecule has 0 saturated heterocycles. The number of benzene rings is 1. The third-order valence-electron chi connectivity index (χ3n) is 4.85. The van der Waals surface area contributed by atoms with Crippen LogP contribution in [0.25, 0.3) is 11.0 Å². The van der Waals surface area contributed by atoms with Crippen LogP contribution in [-0.4, -0.2) is 59.8 Å². The maximum atomic E-state index is 12.9. The largest absolute Gasteiger partial charge is 0.444 e. The molecule has 0 fully saturated rings. The lowest BCUT2D eigenvalue weighted by molar-refractivity contribution is -0.121. The van der Waals surface area contributed by atoms with Gasteiger partial charge in [-0.1, -0.05) is 17.9 Å². The maximum absolute atomic E-state index is 12.9. The van der Waals surface area contributed by atoms with E-state index in [0.717, 1.165) is 0 Å². The number of nitrogens with zero attached hydrogens (tertiary/aromatic N) is 2. The molecule has 0 bridgehead atoms. The molecule has 34 heavy (non-hydrogen) atoms. The second-order valence-electron chi connectivity index (χ2n) is 8.58. The zero-order valence-corrected chi connectivity index (χ0v) is 20.3. The molecule has 184 valence electrons. The Morgan fingerprint density at radius 2 is 2.00 bits per heavy atom. The quantitative estimate of drug-likeness (QED) is 0.324. The summed E-state index contributed by atoms with van der Waals surface area (Å²) in [6.45, 7) is 6.03. The van der Waals surface area contributed by atoms with Crippen LogP contribution in [-0.2, 0) is 26.1 Å². The Morgan fingerprint density at radius 1 is 1.26 bits per heavy atom. The molecule has 2 N–H and O–H groups in total. The summed E-state index contributed by atoms with van der Waals surface area (Å²) in [5, 5.41) is 5.11. The van der Waals surface area contributed by atoms with Crippen LogP contribution in [0.5, 0.6) is 0 Å². The van der Waals surface area contributed by atoms with E-state index < -0.39 is 17.7 Å². The zero-order valence-electron chi connectivity index (χ0n) is 20.3. The Balaban J connectivity index is 2.08. The molecule has 10 nitrogen and oxygen atoms in total. The lowest BCUT2D eigenvalue weighted by atomic mass is 10.1. The number of carbonyl (C=O) groups excluding carboxylic acids is 3. The Bertz CT molecular complexity index is 1150. The molecule has 0 spiro atoms. The van der Waals surface area contributed by atoms with Crippen molar-refractivity contribution in [1.82, 2.24) is 19.8 Å². The van der Waals surface area contributed by atoms with E-state index in [4.69, 9.17) is 9.47 Å². The number of para-hydroxylation sites is 1. The van der Waals surface area contributed by atoms with E-state index in [9.17, 15) is 19.2 Å². The molecule has 0 aliphatic carbocycles. The number of aryl methyl sites for hydroxylation is 1. The molecule has 0 aliphatic heterocycles. The SMILES string of the molecule is CNC(=O)CCC(C=O)n1c(=O)n(C)c2c(C#CCOCCNC(=O)OC(C)(C)C)cccc21. The van der Waals surface area contributed by atoms with Crippen molar-refractivity contribution in [1.29, 1.82) is 0 Å². The molecular weight excluding hydrogens is 440 g/mol. The highest BCUT2D eigenvalue weighted by molar-refractivity contribution is 5.84. The van der Waals surface area contributed by atoms with Gasteiger partial charge in [0.2, 0.25) is 5.91 Å². The molecule has 10 heteroatoms. The number of rotatable bonds is 9. The maximum Gasteiger partial charge on any atom is 0.407 e. The summed E-state index contributed by atoms with van der Waals surface area (Å²) in [7, 11) is 3.14. The van der Waals surface area contributed by atoms with Gasteiger partial charge in [0.15, 0.2) is 0 Å². The van der Waals surface area contributed by atoms with Gasteiger partial charge in [-0.2, -0.15) is 0 Å². The number of hydrogen-bond donors (Lipinski definition) is 2. The molecule has 2 rings (SSSR count). The van der Waals surface area contributed by atoms with Gasteiger partial charge in [-0.25, -0.2) is 9.59 Å². The number of nitrogens with one attached hydrogen (secondary N) is 2. The first-order valence-electron chi connectivity index (χ1n) is 11.0. The smallest absolute Gasteiger partial charge is 0.407 e. The fourth-order valence-electron chi connectivity index (χ4n) is 3.32. The topological polar surface area (TPSA) is 121 Å². The molecule has 2 aromatic rings. The van der Waals surface area contributed by atoms with Gasteiger partial charge >= 0.3 is 11.8 Å². The number of fused-ring (bicyclic) bond motifs is 1. The molecule has 1 unspecified atom stereocenters. The van der Waals surface area contributed by atoms with E-state index in [1.54, 1.807) is 46.0 Å². The first-order chi connectivity index (χ1) is 16.1. The first kappa shape index (κ1) is 26.7. The van der Waals surface area contributed by atoms with E-state index in [2.05, 4.69) is 22.5 Å². The fraction of sp³-hybridized carbons (Fsp3) is 0.500. The number of hydrogen-bond acceptors (Lipinski definition) is 6. The number of imidazole rings is 1. The molecule has 1 aromatic carbocycles. The van der Waals surface area contributed by atoms with Crippen molar-refractivity contribution < 1.29 is 23.9 Å². The summed E-state index contributed by atoms with van der Waals surface area (Å²) >= 11 is 0. The summed E-state index contributed by atoms with van der Waals surface area (Å²) in [5.41, 5.74) is 0.853. The van der Waals surface area contributed by atoms with Crippen LogP contribution in [0.1, 0.15) is 45.2 Å². The van der Waals surface area contributed by atoms with E-state index in [1.807, 2.05) is 0 Å². The normalized spacial score (nSPS) is 11.9. The predicted octanol–water partition coefficient (Wildman–Crippen LogP) is 1.50. The van der Waals surface area contributed by atoms with Crippen molar-refractivity contribution in [2.45, 2.75) is 45.3 Å². The number of alkyl carbamates (subject to hydrolysis) is 1. The summed E-state index contributed by atoms with van der Waals surface area (Å²) in [6.07, 6.45) is 0.510. The summed E-state index contributed by atoms with van der Waals surface area (Å²) in [5.74, 6) is 5.71. The second-order valence-corrected chi connectivity index (χ2v) is 8.58.